The first kappa shape index (κ1) is 13.3. The number of aliphatic hydroxyl groups is 1. The van der Waals surface area contributed by atoms with Gasteiger partial charge in [-0.25, -0.2) is 0 Å². The number of aliphatic hydroxyl groups excluding tert-OH is 1. The molecule has 2 rings (SSSR count). The Balaban J connectivity index is 1.98. The second-order valence-electron chi connectivity index (χ2n) is 6.22. The molecule has 0 bridgehead atoms. The maximum absolute atomic E-state index is 9.54. The van der Waals surface area contributed by atoms with Crippen molar-refractivity contribution in [1.82, 2.24) is 10.2 Å². The highest BCUT2D eigenvalue weighted by atomic mass is 16.3. The summed E-state index contributed by atoms with van der Waals surface area (Å²) in [6, 6.07) is 0.407. The van der Waals surface area contributed by atoms with E-state index in [9.17, 15) is 5.11 Å². The molecule has 1 saturated heterocycles. The molecule has 1 heterocycles. The average molecular weight is 240 g/mol. The fraction of sp³-hybridized carbons (Fsp3) is 1.00. The lowest BCUT2D eigenvalue weighted by molar-refractivity contribution is 0.0910. The highest BCUT2D eigenvalue weighted by Crippen LogP contribution is 2.40. The van der Waals surface area contributed by atoms with Crippen molar-refractivity contribution in [2.45, 2.75) is 45.1 Å². The van der Waals surface area contributed by atoms with E-state index < -0.39 is 0 Å². The minimum Gasteiger partial charge on any atom is -0.395 e. The third kappa shape index (κ3) is 2.83. The summed E-state index contributed by atoms with van der Waals surface area (Å²) in [5.41, 5.74) is 0.478. The van der Waals surface area contributed by atoms with E-state index in [2.05, 4.69) is 24.2 Å². The topological polar surface area (TPSA) is 35.5 Å². The number of nitrogens with one attached hydrogen (secondary N) is 1. The summed E-state index contributed by atoms with van der Waals surface area (Å²) in [5, 5.41) is 12.9. The second kappa shape index (κ2) is 5.68. The van der Waals surface area contributed by atoms with Crippen molar-refractivity contribution in [3.8, 4) is 0 Å². The highest BCUT2D eigenvalue weighted by Gasteiger charge is 2.39. The van der Waals surface area contributed by atoms with Gasteiger partial charge in [0.05, 0.1) is 6.61 Å². The minimum absolute atomic E-state index is 0.330. The Kier molecular flexibility index (Phi) is 4.45. The van der Waals surface area contributed by atoms with Crippen molar-refractivity contribution in [2.24, 2.45) is 11.3 Å². The lowest BCUT2D eigenvalue weighted by Gasteiger charge is -2.36. The Bertz CT molecular complexity index is 238. The molecule has 2 fully saturated rings. The van der Waals surface area contributed by atoms with Crippen LogP contribution in [0.3, 0.4) is 0 Å². The molecule has 1 saturated carbocycles. The van der Waals surface area contributed by atoms with E-state index in [1.54, 1.807) is 0 Å². The van der Waals surface area contributed by atoms with Crippen LogP contribution in [0.15, 0.2) is 0 Å². The highest BCUT2D eigenvalue weighted by molar-refractivity contribution is 4.93. The van der Waals surface area contributed by atoms with Gasteiger partial charge < -0.3 is 10.4 Å². The van der Waals surface area contributed by atoms with Crippen molar-refractivity contribution in [3.63, 3.8) is 0 Å². The van der Waals surface area contributed by atoms with Gasteiger partial charge in [-0.05, 0) is 44.2 Å². The molecule has 3 nitrogen and oxygen atoms in total. The normalized spacial score (nSPS) is 33.4. The maximum atomic E-state index is 9.54. The molecule has 2 unspecified atom stereocenters. The molecule has 0 aromatic heterocycles. The lowest BCUT2D eigenvalue weighted by Crippen LogP contribution is -2.45. The quantitative estimate of drug-likeness (QED) is 0.764. The van der Waals surface area contributed by atoms with Gasteiger partial charge in [-0.2, -0.15) is 0 Å². The average Bonchev–Trinajstić information content (AvgIpc) is 2.88. The van der Waals surface area contributed by atoms with E-state index in [1.807, 2.05) is 0 Å². The first-order chi connectivity index (χ1) is 8.21. The van der Waals surface area contributed by atoms with Crippen LogP contribution in [0, 0.1) is 11.3 Å². The van der Waals surface area contributed by atoms with Crippen molar-refractivity contribution in [1.29, 1.82) is 0 Å². The number of nitrogens with zero attached hydrogens (tertiary/aromatic N) is 1. The molecule has 2 N–H and O–H groups in total. The molecule has 0 radical (unpaired) electrons. The van der Waals surface area contributed by atoms with Crippen LogP contribution in [0.4, 0.5) is 0 Å². The zero-order valence-corrected chi connectivity index (χ0v) is 11.4. The SMILES string of the molecule is CNCC1(CN2CCC(C)C2CO)CCCC1. The largest absolute Gasteiger partial charge is 0.395 e. The zero-order valence-electron chi connectivity index (χ0n) is 11.4. The minimum atomic E-state index is 0.330. The van der Waals surface area contributed by atoms with E-state index in [0.717, 1.165) is 6.54 Å². The van der Waals surface area contributed by atoms with Crippen molar-refractivity contribution in [3.05, 3.63) is 0 Å². The molecule has 0 spiro atoms. The van der Waals surface area contributed by atoms with Crippen LogP contribution in [-0.4, -0.2) is 49.3 Å². The summed E-state index contributed by atoms with van der Waals surface area (Å²) >= 11 is 0. The summed E-state index contributed by atoms with van der Waals surface area (Å²) in [6.45, 7) is 6.11. The van der Waals surface area contributed by atoms with E-state index in [0.29, 0.717) is 24.0 Å². The van der Waals surface area contributed by atoms with Gasteiger partial charge in [0.1, 0.15) is 0 Å². The predicted octanol–water partition coefficient (Wildman–Crippen LogP) is 1.47. The van der Waals surface area contributed by atoms with Crippen LogP contribution in [0.5, 0.6) is 0 Å². The summed E-state index contributed by atoms with van der Waals surface area (Å²) in [4.78, 5) is 2.55. The molecule has 0 aromatic carbocycles. The Morgan fingerprint density at radius 1 is 1.35 bits per heavy atom. The molecule has 1 aliphatic heterocycles. The van der Waals surface area contributed by atoms with Crippen molar-refractivity contribution in [2.75, 3.05) is 33.3 Å². The summed E-state index contributed by atoms with van der Waals surface area (Å²) in [7, 11) is 2.07. The third-order valence-electron chi connectivity index (χ3n) is 4.94. The summed E-state index contributed by atoms with van der Waals surface area (Å²) in [5.74, 6) is 0.660. The van der Waals surface area contributed by atoms with E-state index >= 15 is 0 Å². The Morgan fingerprint density at radius 2 is 2.06 bits per heavy atom. The molecule has 2 aliphatic rings. The van der Waals surface area contributed by atoms with Crippen LogP contribution in [0.1, 0.15) is 39.0 Å². The standard InChI is InChI=1S/C14H28N2O/c1-12-5-8-16(13(12)9-17)11-14(10-15-2)6-3-4-7-14/h12-13,15,17H,3-11H2,1-2H3. The summed E-state index contributed by atoms with van der Waals surface area (Å²) < 4.78 is 0. The van der Waals surface area contributed by atoms with E-state index in [-0.39, 0.29) is 0 Å². The monoisotopic (exact) mass is 240 g/mol. The first-order valence-corrected chi connectivity index (χ1v) is 7.20. The first-order valence-electron chi connectivity index (χ1n) is 7.20. The summed E-state index contributed by atoms with van der Waals surface area (Å²) in [6.07, 6.45) is 6.73. The Labute approximate surface area is 106 Å². The van der Waals surface area contributed by atoms with Gasteiger partial charge in [0.25, 0.3) is 0 Å². The third-order valence-corrected chi connectivity index (χ3v) is 4.94. The molecule has 2 atom stereocenters. The van der Waals surface area contributed by atoms with Gasteiger partial charge in [0.15, 0.2) is 0 Å². The number of rotatable bonds is 5. The van der Waals surface area contributed by atoms with Crippen LogP contribution >= 0.6 is 0 Å². The Morgan fingerprint density at radius 3 is 2.65 bits per heavy atom. The van der Waals surface area contributed by atoms with Crippen LogP contribution < -0.4 is 5.32 Å². The van der Waals surface area contributed by atoms with E-state index in [1.165, 1.54) is 45.2 Å². The molecule has 0 amide bonds. The van der Waals surface area contributed by atoms with Crippen LogP contribution in [-0.2, 0) is 0 Å². The molecule has 100 valence electrons. The van der Waals surface area contributed by atoms with Crippen LogP contribution in [0.25, 0.3) is 0 Å². The number of likely N-dealkylation sites (tertiary alicyclic amines) is 1. The molecule has 17 heavy (non-hydrogen) atoms. The zero-order chi connectivity index (χ0) is 12.3. The number of hydrogen-bond donors (Lipinski definition) is 2. The number of hydrogen-bond acceptors (Lipinski definition) is 3. The second-order valence-corrected chi connectivity index (χ2v) is 6.22. The van der Waals surface area contributed by atoms with Gasteiger partial charge in [0, 0.05) is 19.1 Å². The van der Waals surface area contributed by atoms with Gasteiger partial charge >= 0.3 is 0 Å². The molecular formula is C14H28N2O. The molecule has 0 aromatic rings. The fourth-order valence-corrected chi connectivity index (χ4v) is 3.90. The maximum Gasteiger partial charge on any atom is 0.0589 e. The van der Waals surface area contributed by atoms with Crippen molar-refractivity contribution >= 4 is 0 Å². The smallest absolute Gasteiger partial charge is 0.0589 e. The van der Waals surface area contributed by atoms with Gasteiger partial charge in [-0.15, -0.1) is 0 Å². The van der Waals surface area contributed by atoms with Gasteiger partial charge in [-0.3, -0.25) is 4.90 Å². The molecule has 3 heteroatoms. The van der Waals surface area contributed by atoms with Crippen LogP contribution in [0.2, 0.25) is 0 Å². The van der Waals surface area contributed by atoms with E-state index in [4.69, 9.17) is 0 Å². The fourth-order valence-electron chi connectivity index (χ4n) is 3.90. The van der Waals surface area contributed by atoms with Crippen molar-refractivity contribution < 1.29 is 5.11 Å². The van der Waals surface area contributed by atoms with Gasteiger partial charge in [0.2, 0.25) is 0 Å². The Hall–Kier alpha value is -0.120. The van der Waals surface area contributed by atoms with Gasteiger partial charge in [-0.1, -0.05) is 19.8 Å². The lowest BCUT2D eigenvalue weighted by atomic mass is 9.85. The predicted molar refractivity (Wildman–Crippen MR) is 71.1 cm³/mol. The molecule has 1 aliphatic carbocycles. The molecular weight excluding hydrogens is 212 g/mol.